The predicted molar refractivity (Wildman–Crippen MR) is 149 cm³/mol. The van der Waals surface area contributed by atoms with Crippen LogP contribution in [0.25, 0.3) is 11.3 Å². The molecule has 0 unspecified atom stereocenters. The van der Waals surface area contributed by atoms with Crippen LogP contribution in [0.15, 0.2) is 24.3 Å². The molecular formula is C29H33F3N4O3S. The monoisotopic (exact) mass is 574 g/mol. The average Bonchev–Trinajstić information content (AvgIpc) is 3.44. The first kappa shape index (κ1) is 28.2. The number of carbonyl (C=O) groups is 2. The predicted octanol–water partition coefficient (Wildman–Crippen LogP) is 6.56. The van der Waals surface area contributed by atoms with Gasteiger partial charge in [0.2, 0.25) is 0 Å². The Morgan fingerprint density at radius 1 is 1.05 bits per heavy atom. The van der Waals surface area contributed by atoms with Gasteiger partial charge in [-0.2, -0.15) is 13.2 Å². The second kappa shape index (κ2) is 10.9. The highest BCUT2D eigenvalue weighted by atomic mass is 32.1. The Morgan fingerprint density at radius 2 is 1.80 bits per heavy atom. The fourth-order valence-corrected chi connectivity index (χ4v) is 6.67. The number of fused-ring (bicyclic) bond motifs is 2. The number of aromatic amines is 1. The van der Waals surface area contributed by atoms with Gasteiger partial charge in [0.25, 0.3) is 0 Å². The van der Waals surface area contributed by atoms with Crippen molar-refractivity contribution < 1.29 is 27.5 Å². The van der Waals surface area contributed by atoms with Gasteiger partial charge in [0.05, 0.1) is 16.8 Å². The van der Waals surface area contributed by atoms with Gasteiger partial charge >= 0.3 is 18.2 Å². The van der Waals surface area contributed by atoms with Gasteiger partial charge in [-0.25, -0.2) is 9.59 Å². The number of halogens is 3. The molecule has 0 spiro atoms. The van der Waals surface area contributed by atoms with Crippen LogP contribution in [-0.4, -0.2) is 29.1 Å². The van der Waals surface area contributed by atoms with E-state index in [1.165, 1.54) is 23.5 Å². The van der Waals surface area contributed by atoms with Gasteiger partial charge in [0.15, 0.2) is 0 Å². The zero-order valence-corrected chi connectivity index (χ0v) is 23.5. The number of thiophene rings is 1. The van der Waals surface area contributed by atoms with Crippen molar-refractivity contribution in [2.24, 2.45) is 0 Å². The number of aromatic nitrogens is 1. The van der Waals surface area contributed by atoms with Crippen molar-refractivity contribution in [3.8, 4) is 11.3 Å². The molecule has 5 rings (SSSR count). The Kier molecular flexibility index (Phi) is 7.71. The summed E-state index contributed by atoms with van der Waals surface area (Å²) in [6.45, 7) is 6.60. The number of aryl methyl sites for hydroxylation is 1. The molecule has 2 amide bonds. The highest BCUT2D eigenvalue weighted by Gasteiger charge is 2.35. The molecular weight excluding hydrogens is 541 g/mol. The Morgan fingerprint density at radius 3 is 2.55 bits per heavy atom. The molecule has 2 aliphatic rings. The fraction of sp³-hybridized carbons (Fsp3) is 0.448. The van der Waals surface area contributed by atoms with E-state index in [1.54, 1.807) is 26.8 Å². The lowest BCUT2D eigenvalue weighted by Crippen LogP contribution is -2.30. The topological polar surface area (TPSA) is 95.2 Å². The number of benzene rings is 1. The minimum atomic E-state index is -4.53. The Bertz CT molecular complexity index is 1440. The molecule has 7 nitrogen and oxygen atoms in total. The van der Waals surface area contributed by atoms with Crippen molar-refractivity contribution in [1.29, 1.82) is 0 Å². The summed E-state index contributed by atoms with van der Waals surface area (Å²) in [4.78, 5) is 30.5. The molecule has 0 saturated carbocycles. The van der Waals surface area contributed by atoms with Crippen LogP contribution in [0, 0.1) is 0 Å². The van der Waals surface area contributed by atoms with Crippen LogP contribution < -0.4 is 16.0 Å². The molecule has 3 heterocycles. The number of anilines is 1. The first-order chi connectivity index (χ1) is 18.9. The van der Waals surface area contributed by atoms with Gasteiger partial charge in [-0.1, -0.05) is 18.2 Å². The molecule has 2 aromatic heterocycles. The summed E-state index contributed by atoms with van der Waals surface area (Å²) in [5.41, 5.74) is 2.64. The summed E-state index contributed by atoms with van der Waals surface area (Å²) in [6.07, 6.45) is -0.346. The van der Waals surface area contributed by atoms with Gasteiger partial charge < -0.3 is 20.4 Å². The molecule has 11 heteroatoms. The molecule has 0 atom stereocenters. The van der Waals surface area contributed by atoms with E-state index in [9.17, 15) is 22.8 Å². The van der Waals surface area contributed by atoms with Crippen LogP contribution in [0.1, 0.15) is 76.8 Å². The van der Waals surface area contributed by atoms with Crippen LogP contribution in [0.3, 0.4) is 0 Å². The lowest BCUT2D eigenvalue weighted by molar-refractivity contribution is -0.137. The number of esters is 1. The molecule has 3 aromatic rings. The number of hydrogen-bond acceptors (Lipinski definition) is 5. The maximum atomic E-state index is 13.9. The third-order valence-electron chi connectivity index (χ3n) is 7.09. The Balaban J connectivity index is 1.42. The number of amides is 2. The molecule has 0 radical (unpaired) electrons. The van der Waals surface area contributed by atoms with Crippen molar-refractivity contribution in [1.82, 2.24) is 15.6 Å². The first-order valence-electron chi connectivity index (χ1n) is 13.4. The van der Waals surface area contributed by atoms with E-state index in [2.05, 4.69) is 20.9 Å². The summed E-state index contributed by atoms with van der Waals surface area (Å²) >= 11 is 1.38. The van der Waals surface area contributed by atoms with Crippen molar-refractivity contribution in [2.75, 3.05) is 11.9 Å². The quantitative estimate of drug-likeness (QED) is 0.260. The number of H-pyrrole nitrogens is 1. The van der Waals surface area contributed by atoms with Crippen molar-refractivity contribution in [3.63, 3.8) is 0 Å². The molecule has 0 fully saturated rings. The molecule has 1 aromatic carbocycles. The van der Waals surface area contributed by atoms with Crippen LogP contribution >= 0.6 is 11.3 Å². The summed E-state index contributed by atoms with van der Waals surface area (Å²) in [5.74, 6) is -0.472. The summed E-state index contributed by atoms with van der Waals surface area (Å²) in [7, 11) is 0. The van der Waals surface area contributed by atoms with E-state index in [0.717, 1.165) is 53.4 Å². The van der Waals surface area contributed by atoms with Crippen molar-refractivity contribution >= 4 is 28.3 Å². The van der Waals surface area contributed by atoms with E-state index in [1.807, 2.05) is 0 Å². The minimum Gasteiger partial charge on any atom is -0.456 e. The van der Waals surface area contributed by atoms with E-state index in [-0.39, 0.29) is 12.1 Å². The largest absolute Gasteiger partial charge is 0.456 e. The second-order valence-corrected chi connectivity index (χ2v) is 12.2. The zero-order chi connectivity index (χ0) is 28.7. The van der Waals surface area contributed by atoms with Gasteiger partial charge in [-0.3, -0.25) is 5.32 Å². The van der Waals surface area contributed by atoms with Gasteiger partial charge in [-0.15, -0.1) is 11.3 Å². The molecule has 1 aliphatic carbocycles. The number of hydrogen-bond donors (Lipinski definition) is 4. The summed E-state index contributed by atoms with van der Waals surface area (Å²) < 4.78 is 47.2. The molecule has 0 bridgehead atoms. The van der Waals surface area contributed by atoms with Crippen LogP contribution in [-0.2, 0) is 43.3 Å². The molecule has 40 heavy (non-hydrogen) atoms. The number of ether oxygens (including phenoxy) is 1. The highest BCUT2D eigenvalue weighted by Crippen LogP contribution is 2.41. The summed E-state index contributed by atoms with van der Waals surface area (Å²) in [5, 5.41) is 9.33. The number of nitrogens with one attached hydrogen (secondary N) is 4. The maximum Gasteiger partial charge on any atom is 0.417 e. The number of urea groups is 1. The number of carbonyl (C=O) groups excluding carboxylic acids is 2. The van der Waals surface area contributed by atoms with Crippen LogP contribution in [0.2, 0.25) is 0 Å². The Labute approximate surface area is 234 Å². The van der Waals surface area contributed by atoms with Gasteiger partial charge in [0.1, 0.15) is 10.6 Å². The third-order valence-corrected chi connectivity index (χ3v) is 8.30. The summed E-state index contributed by atoms with van der Waals surface area (Å²) in [6, 6.07) is 4.91. The first-order valence-corrected chi connectivity index (χ1v) is 14.3. The highest BCUT2D eigenvalue weighted by molar-refractivity contribution is 7.17. The number of rotatable bonds is 5. The maximum absolute atomic E-state index is 13.9. The second-order valence-electron chi connectivity index (χ2n) is 11.1. The Hall–Kier alpha value is -3.31. The number of alkyl halides is 3. The van der Waals surface area contributed by atoms with Crippen LogP contribution in [0.4, 0.5) is 23.0 Å². The normalized spacial score (nSPS) is 15.2. The zero-order valence-electron chi connectivity index (χ0n) is 22.7. The molecule has 4 N–H and O–H groups in total. The minimum absolute atomic E-state index is 0.0199. The van der Waals surface area contributed by atoms with E-state index >= 15 is 0 Å². The van der Waals surface area contributed by atoms with Gasteiger partial charge in [0, 0.05) is 34.8 Å². The van der Waals surface area contributed by atoms with Crippen molar-refractivity contribution in [2.45, 2.75) is 77.7 Å². The molecule has 0 saturated heterocycles. The lowest BCUT2D eigenvalue weighted by atomic mass is 9.95. The van der Waals surface area contributed by atoms with Gasteiger partial charge in [-0.05, 0) is 76.6 Å². The smallest absolute Gasteiger partial charge is 0.417 e. The molecule has 214 valence electrons. The average molecular weight is 575 g/mol. The van der Waals surface area contributed by atoms with Crippen molar-refractivity contribution in [3.05, 3.63) is 62.7 Å². The van der Waals surface area contributed by atoms with E-state index in [0.29, 0.717) is 41.3 Å². The SMILES string of the molecule is CC(C)(C)OC(=O)c1c(NC(=O)NCc2c(-c3ccccc3C(F)(F)F)[nH]c3c2CCNC3)sc2c1CCCC2. The fourth-order valence-electron chi connectivity index (χ4n) is 5.40. The third kappa shape index (κ3) is 5.90. The van der Waals surface area contributed by atoms with E-state index < -0.39 is 29.3 Å². The standard InChI is InChI=1S/C29H33F3N4O3S/c1-28(2,3)39-26(37)23-18-9-5-7-11-22(18)40-25(23)36-27(38)34-14-19-16-12-13-33-15-21(16)35-24(19)17-8-4-6-10-20(17)29(30,31)32/h4,6,8,10,33,35H,5,7,9,11-15H2,1-3H3,(H2,34,36,38). The lowest BCUT2D eigenvalue weighted by Gasteiger charge is -2.21. The van der Waals surface area contributed by atoms with Crippen LogP contribution in [0.5, 0.6) is 0 Å². The van der Waals surface area contributed by atoms with E-state index in [4.69, 9.17) is 4.74 Å². The molecule has 1 aliphatic heterocycles.